The van der Waals surface area contributed by atoms with Crippen LogP contribution < -0.4 is 15.2 Å². The van der Waals surface area contributed by atoms with Crippen LogP contribution in [0.2, 0.25) is 5.02 Å². The summed E-state index contributed by atoms with van der Waals surface area (Å²) in [6.45, 7) is 2.55. The van der Waals surface area contributed by atoms with Gasteiger partial charge in [-0.2, -0.15) is 5.26 Å². The number of ether oxygens (including phenoxy) is 4. The number of nitrogen functional groups attached to an aromatic ring is 1. The zero-order valence-electron chi connectivity index (χ0n) is 16.6. The van der Waals surface area contributed by atoms with E-state index in [0.29, 0.717) is 35.3 Å². The van der Waals surface area contributed by atoms with Gasteiger partial charge in [0.15, 0.2) is 11.5 Å². The molecule has 162 valence electrons. The summed E-state index contributed by atoms with van der Waals surface area (Å²) in [4.78, 5) is 24.5. The Morgan fingerprint density at radius 1 is 1.32 bits per heavy atom. The lowest BCUT2D eigenvalue weighted by Crippen LogP contribution is -2.08. The van der Waals surface area contributed by atoms with E-state index in [1.54, 1.807) is 19.1 Å². The van der Waals surface area contributed by atoms with Crippen LogP contribution in [0.4, 0.5) is 5.00 Å². The predicted molar refractivity (Wildman–Crippen MR) is 115 cm³/mol. The maximum atomic E-state index is 12.2. The number of thiophene rings is 1. The van der Waals surface area contributed by atoms with Crippen molar-refractivity contribution < 1.29 is 28.5 Å². The van der Waals surface area contributed by atoms with E-state index in [1.807, 2.05) is 6.07 Å². The minimum Gasteiger partial charge on any atom is -0.489 e. The van der Waals surface area contributed by atoms with Crippen molar-refractivity contribution in [2.75, 3.05) is 25.6 Å². The van der Waals surface area contributed by atoms with Crippen molar-refractivity contribution in [2.45, 2.75) is 20.0 Å². The van der Waals surface area contributed by atoms with Gasteiger partial charge in [-0.05, 0) is 30.7 Å². The van der Waals surface area contributed by atoms with Crippen molar-refractivity contribution in [2.24, 2.45) is 0 Å². The first-order valence-electron chi connectivity index (χ1n) is 9.37. The van der Waals surface area contributed by atoms with Gasteiger partial charge >= 0.3 is 11.9 Å². The Labute approximate surface area is 187 Å². The first-order valence-corrected chi connectivity index (χ1v) is 10.6. The van der Waals surface area contributed by atoms with Crippen LogP contribution in [0, 0.1) is 11.3 Å². The molecule has 0 aliphatic carbocycles. The molecule has 1 aromatic carbocycles. The van der Waals surface area contributed by atoms with Crippen LogP contribution in [0.5, 0.6) is 11.5 Å². The molecule has 0 spiro atoms. The Bertz CT molecular complexity index is 1070. The second-order valence-electron chi connectivity index (χ2n) is 6.30. The maximum Gasteiger partial charge on any atom is 0.348 e. The van der Waals surface area contributed by atoms with Gasteiger partial charge in [-0.25, -0.2) is 9.59 Å². The molecule has 1 aromatic heterocycles. The zero-order chi connectivity index (χ0) is 22.4. The summed E-state index contributed by atoms with van der Waals surface area (Å²) in [5, 5.41) is 9.86. The largest absolute Gasteiger partial charge is 0.489 e. The fourth-order valence-electron chi connectivity index (χ4n) is 2.81. The summed E-state index contributed by atoms with van der Waals surface area (Å²) >= 11 is 7.17. The third kappa shape index (κ3) is 5.29. The van der Waals surface area contributed by atoms with Crippen molar-refractivity contribution in [1.29, 1.82) is 5.26 Å². The molecular formula is C21H19ClN2O6S. The number of rotatable bonds is 6. The summed E-state index contributed by atoms with van der Waals surface area (Å²) in [6.07, 6.45) is 3.47. The first kappa shape index (κ1) is 22.5. The molecule has 0 amide bonds. The van der Waals surface area contributed by atoms with Crippen LogP contribution in [-0.4, -0.2) is 31.8 Å². The monoisotopic (exact) mass is 462 g/mol. The molecule has 31 heavy (non-hydrogen) atoms. The van der Waals surface area contributed by atoms with Gasteiger partial charge < -0.3 is 24.7 Å². The molecule has 2 heterocycles. The van der Waals surface area contributed by atoms with E-state index in [9.17, 15) is 14.9 Å². The van der Waals surface area contributed by atoms with Crippen LogP contribution in [0.1, 0.15) is 39.7 Å². The highest BCUT2D eigenvalue weighted by Crippen LogP contribution is 2.38. The molecule has 1 aliphatic rings. The molecule has 0 saturated heterocycles. The van der Waals surface area contributed by atoms with E-state index >= 15 is 0 Å². The topological polar surface area (TPSA) is 121 Å². The van der Waals surface area contributed by atoms with Crippen LogP contribution in [-0.2, 0) is 20.9 Å². The van der Waals surface area contributed by atoms with Crippen LogP contribution >= 0.6 is 22.9 Å². The van der Waals surface area contributed by atoms with Crippen LogP contribution in [0.15, 0.2) is 18.2 Å². The third-order valence-corrected chi connectivity index (χ3v) is 5.52. The van der Waals surface area contributed by atoms with Gasteiger partial charge in [0.1, 0.15) is 22.6 Å². The van der Waals surface area contributed by atoms with E-state index in [1.165, 1.54) is 12.2 Å². The standard InChI is InChI=1S/C21H19ClN2O6S/c1-2-27-21(26)19-14(13(10-23)20(24)31-19)11-30-17(25)5-4-12-8-15(22)18-16(9-12)28-6-3-7-29-18/h4-5,8-9H,2-3,6-7,11,24H2,1H3/b5-4+. The second kappa shape index (κ2) is 10.2. The van der Waals surface area contributed by atoms with Gasteiger partial charge in [0.05, 0.1) is 30.4 Å². The van der Waals surface area contributed by atoms with E-state index in [4.69, 9.17) is 36.3 Å². The summed E-state index contributed by atoms with van der Waals surface area (Å²) in [5.74, 6) is -0.315. The van der Waals surface area contributed by atoms with Crippen molar-refractivity contribution in [1.82, 2.24) is 0 Å². The summed E-state index contributed by atoms with van der Waals surface area (Å²) in [7, 11) is 0. The fourth-order valence-corrected chi connectivity index (χ4v) is 4.00. The highest BCUT2D eigenvalue weighted by Gasteiger charge is 2.23. The van der Waals surface area contributed by atoms with Crippen molar-refractivity contribution in [3.63, 3.8) is 0 Å². The first-order chi connectivity index (χ1) is 14.9. The number of carbonyl (C=O) groups is 2. The molecular weight excluding hydrogens is 444 g/mol. The average molecular weight is 463 g/mol. The number of halogens is 1. The maximum absolute atomic E-state index is 12.2. The number of hydrogen-bond acceptors (Lipinski definition) is 9. The second-order valence-corrected chi connectivity index (χ2v) is 7.76. The quantitative estimate of drug-likeness (QED) is 0.506. The lowest BCUT2D eigenvalue weighted by atomic mass is 10.1. The molecule has 0 bridgehead atoms. The Morgan fingerprint density at radius 3 is 2.84 bits per heavy atom. The molecule has 0 atom stereocenters. The van der Waals surface area contributed by atoms with Gasteiger partial charge in [0, 0.05) is 18.1 Å². The number of hydrogen-bond donors (Lipinski definition) is 1. The lowest BCUT2D eigenvalue weighted by Gasteiger charge is -2.10. The molecule has 0 saturated carbocycles. The number of anilines is 1. The van der Waals surface area contributed by atoms with Crippen molar-refractivity contribution >= 4 is 46.0 Å². The fraction of sp³-hybridized carbons (Fsp3) is 0.286. The Balaban J connectivity index is 1.72. The number of fused-ring (bicyclic) bond motifs is 1. The Hall–Kier alpha value is -3.22. The van der Waals surface area contributed by atoms with Gasteiger partial charge in [-0.1, -0.05) is 11.6 Å². The number of nitriles is 1. The summed E-state index contributed by atoms with van der Waals surface area (Å²) in [5.41, 5.74) is 6.75. The Kier molecular flexibility index (Phi) is 7.39. The third-order valence-electron chi connectivity index (χ3n) is 4.20. The smallest absolute Gasteiger partial charge is 0.348 e. The van der Waals surface area contributed by atoms with Crippen LogP contribution in [0.3, 0.4) is 0 Å². The molecule has 1 aliphatic heterocycles. The van der Waals surface area contributed by atoms with Crippen molar-refractivity contribution in [3.05, 3.63) is 44.8 Å². The number of nitrogens with zero attached hydrogens (tertiary/aromatic N) is 1. The SMILES string of the molecule is CCOC(=O)c1sc(N)c(C#N)c1COC(=O)/C=C/c1cc(Cl)c2c(c1)OCCCO2. The van der Waals surface area contributed by atoms with E-state index in [2.05, 4.69) is 0 Å². The molecule has 2 N–H and O–H groups in total. The van der Waals surface area contributed by atoms with E-state index in [-0.39, 0.29) is 34.2 Å². The van der Waals surface area contributed by atoms with Gasteiger partial charge in [0.2, 0.25) is 0 Å². The van der Waals surface area contributed by atoms with E-state index < -0.39 is 11.9 Å². The number of carbonyl (C=O) groups excluding carboxylic acids is 2. The number of benzene rings is 1. The average Bonchev–Trinajstić information content (AvgIpc) is 2.89. The molecule has 10 heteroatoms. The van der Waals surface area contributed by atoms with Crippen molar-refractivity contribution in [3.8, 4) is 17.6 Å². The molecule has 0 fully saturated rings. The molecule has 3 rings (SSSR count). The predicted octanol–water partition coefficient (Wildman–Crippen LogP) is 3.95. The van der Waals surface area contributed by atoms with Gasteiger partial charge in [-0.15, -0.1) is 11.3 Å². The van der Waals surface area contributed by atoms with Gasteiger partial charge in [-0.3, -0.25) is 0 Å². The lowest BCUT2D eigenvalue weighted by molar-refractivity contribution is -0.138. The zero-order valence-corrected chi connectivity index (χ0v) is 18.2. The van der Waals surface area contributed by atoms with E-state index in [0.717, 1.165) is 17.8 Å². The van der Waals surface area contributed by atoms with Crippen LogP contribution in [0.25, 0.3) is 6.08 Å². The molecule has 0 unspecified atom stereocenters. The Morgan fingerprint density at radius 2 is 2.10 bits per heavy atom. The minimum absolute atomic E-state index is 0.0968. The highest BCUT2D eigenvalue weighted by molar-refractivity contribution is 7.18. The normalized spacial score (nSPS) is 12.8. The number of nitrogens with two attached hydrogens (primary N) is 1. The minimum atomic E-state index is -0.674. The summed E-state index contributed by atoms with van der Waals surface area (Å²) < 4.78 is 21.4. The van der Waals surface area contributed by atoms with Gasteiger partial charge in [0.25, 0.3) is 0 Å². The number of esters is 2. The summed E-state index contributed by atoms with van der Waals surface area (Å²) in [6, 6.07) is 5.29. The molecule has 2 aromatic rings. The highest BCUT2D eigenvalue weighted by atomic mass is 35.5. The molecule has 8 nitrogen and oxygen atoms in total. The molecule has 0 radical (unpaired) electrons.